The van der Waals surface area contributed by atoms with E-state index in [4.69, 9.17) is 4.74 Å². The molecule has 1 N–H and O–H groups in total. The summed E-state index contributed by atoms with van der Waals surface area (Å²) in [7, 11) is 0. The molecular weight excluding hydrogens is 293 g/mol. The molecule has 0 fully saturated rings. The number of carbonyl (C=O) groups is 1. The van der Waals surface area contributed by atoms with Crippen LogP contribution < -0.4 is 10.1 Å². The summed E-state index contributed by atoms with van der Waals surface area (Å²) in [6, 6.07) is 14.1. The highest BCUT2D eigenvalue weighted by Gasteiger charge is 2.18. The second-order valence-corrected chi connectivity index (χ2v) is 5.32. The average Bonchev–Trinajstić information content (AvgIpc) is 2.59. The fourth-order valence-corrected chi connectivity index (χ4v) is 2.23. The van der Waals surface area contributed by atoms with Gasteiger partial charge in [0.25, 0.3) is 5.91 Å². The van der Waals surface area contributed by atoms with Gasteiger partial charge >= 0.3 is 0 Å². The van der Waals surface area contributed by atoms with Crippen molar-refractivity contribution in [2.24, 2.45) is 0 Å². The van der Waals surface area contributed by atoms with Crippen molar-refractivity contribution < 1.29 is 13.9 Å². The third kappa shape index (κ3) is 4.81. The minimum atomic E-state index is -0.589. The lowest BCUT2D eigenvalue weighted by Crippen LogP contribution is -2.37. The van der Waals surface area contributed by atoms with E-state index in [1.165, 1.54) is 11.6 Å². The van der Waals surface area contributed by atoms with Crippen molar-refractivity contribution >= 4 is 5.91 Å². The minimum absolute atomic E-state index is 0.153. The topological polar surface area (TPSA) is 38.3 Å². The van der Waals surface area contributed by atoms with Crippen molar-refractivity contribution in [2.45, 2.75) is 39.3 Å². The Balaban J connectivity index is 1.94. The maximum atomic E-state index is 13.6. The zero-order valence-electron chi connectivity index (χ0n) is 13.5. The first kappa shape index (κ1) is 17.0. The molecule has 0 aromatic heterocycles. The SMILES string of the molecule is CCc1ccc(OC(CC)C(=O)NCc2ccccc2F)cc1. The Kier molecular flexibility index (Phi) is 6.15. The van der Waals surface area contributed by atoms with Crippen LogP contribution in [0.2, 0.25) is 0 Å². The summed E-state index contributed by atoms with van der Waals surface area (Å²) < 4.78 is 19.3. The number of hydrogen-bond acceptors (Lipinski definition) is 2. The van der Waals surface area contributed by atoms with Crippen molar-refractivity contribution in [3.63, 3.8) is 0 Å². The van der Waals surface area contributed by atoms with E-state index in [9.17, 15) is 9.18 Å². The molecular formula is C19H22FNO2. The molecule has 0 spiro atoms. The Morgan fingerprint density at radius 3 is 2.43 bits per heavy atom. The fourth-order valence-electron chi connectivity index (χ4n) is 2.23. The smallest absolute Gasteiger partial charge is 0.261 e. The molecule has 0 saturated carbocycles. The molecule has 122 valence electrons. The lowest BCUT2D eigenvalue weighted by molar-refractivity contribution is -0.128. The molecule has 0 heterocycles. The molecule has 2 aromatic rings. The van der Waals surface area contributed by atoms with Crippen LogP contribution in [0.3, 0.4) is 0 Å². The lowest BCUT2D eigenvalue weighted by Gasteiger charge is -2.17. The second-order valence-electron chi connectivity index (χ2n) is 5.32. The Morgan fingerprint density at radius 1 is 1.13 bits per heavy atom. The van der Waals surface area contributed by atoms with Gasteiger partial charge in [0.2, 0.25) is 0 Å². The maximum Gasteiger partial charge on any atom is 0.261 e. The molecule has 2 rings (SSSR count). The van der Waals surface area contributed by atoms with Gasteiger partial charge in [-0.15, -0.1) is 0 Å². The molecule has 0 aliphatic heterocycles. The van der Waals surface area contributed by atoms with Gasteiger partial charge in [0.1, 0.15) is 11.6 Å². The zero-order valence-corrected chi connectivity index (χ0v) is 13.5. The van der Waals surface area contributed by atoms with Gasteiger partial charge in [-0.1, -0.05) is 44.2 Å². The third-order valence-corrected chi connectivity index (χ3v) is 3.68. The van der Waals surface area contributed by atoms with Gasteiger partial charge in [-0.3, -0.25) is 4.79 Å². The molecule has 0 aliphatic rings. The van der Waals surface area contributed by atoms with E-state index in [1.807, 2.05) is 31.2 Å². The predicted octanol–water partition coefficient (Wildman–Crippen LogP) is 3.86. The van der Waals surface area contributed by atoms with Gasteiger partial charge in [-0.2, -0.15) is 0 Å². The number of halogens is 1. The first-order valence-corrected chi connectivity index (χ1v) is 7.90. The second kappa shape index (κ2) is 8.32. The summed E-state index contributed by atoms with van der Waals surface area (Å²) in [6.07, 6.45) is 0.911. The Labute approximate surface area is 136 Å². The highest BCUT2D eigenvalue weighted by atomic mass is 19.1. The van der Waals surface area contributed by atoms with Gasteiger partial charge in [-0.05, 0) is 36.6 Å². The number of ether oxygens (including phenoxy) is 1. The molecule has 0 bridgehead atoms. The van der Waals surface area contributed by atoms with E-state index in [1.54, 1.807) is 18.2 Å². The Bertz CT molecular complexity index is 640. The summed E-state index contributed by atoms with van der Waals surface area (Å²) >= 11 is 0. The quantitative estimate of drug-likeness (QED) is 0.842. The maximum absolute atomic E-state index is 13.6. The molecule has 4 heteroatoms. The molecule has 0 saturated heterocycles. The molecule has 0 aliphatic carbocycles. The van der Waals surface area contributed by atoms with Crippen molar-refractivity contribution in [1.29, 1.82) is 0 Å². The van der Waals surface area contributed by atoms with Crippen molar-refractivity contribution in [1.82, 2.24) is 5.32 Å². The highest BCUT2D eigenvalue weighted by molar-refractivity contribution is 5.81. The van der Waals surface area contributed by atoms with E-state index < -0.39 is 6.10 Å². The molecule has 23 heavy (non-hydrogen) atoms. The van der Waals surface area contributed by atoms with Crippen LogP contribution in [0.5, 0.6) is 5.75 Å². The van der Waals surface area contributed by atoms with E-state index in [0.717, 1.165) is 6.42 Å². The average molecular weight is 315 g/mol. The lowest BCUT2D eigenvalue weighted by atomic mass is 10.1. The summed E-state index contributed by atoms with van der Waals surface area (Å²) in [4.78, 5) is 12.2. The van der Waals surface area contributed by atoms with Crippen LogP contribution in [0.1, 0.15) is 31.4 Å². The summed E-state index contributed by atoms with van der Waals surface area (Å²) in [5, 5.41) is 2.73. The van der Waals surface area contributed by atoms with Crippen LogP contribution in [0, 0.1) is 5.82 Å². The van der Waals surface area contributed by atoms with Crippen molar-refractivity contribution in [3.05, 3.63) is 65.5 Å². The van der Waals surface area contributed by atoms with E-state index in [2.05, 4.69) is 12.2 Å². The summed E-state index contributed by atoms with van der Waals surface area (Å²) in [5.41, 5.74) is 1.68. The molecule has 1 atom stereocenters. The largest absolute Gasteiger partial charge is 0.481 e. The Hall–Kier alpha value is -2.36. The van der Waals surface area contributed by atoms with Crippen LogP contribution in [-0.2, 0) is 17.8 Å². The van der Waals surface area contributed by atoms with Crippen molar-refractivity contribution in [2.75, 3.05) is 0 Å². The third-order valence-electron chi connectivity index (χ3n) is 3.68. The first-order chi connectivity index (χ1) is 11.1. The van der Waals surface area contributed by atoms with Crippen LogP contribution in [0.4, 0.5) is 4.39 Å². The van der Waals surface area contributed by atoms with Crippen LogP contribution in [0.15, 0.2) is 48.5 Å². The molecule has 3 nitrogen and oxygen atoms in total. The monoisotopic (exact) mass is 315 g/mol. The van der Waals surface area contributed by atoms with Gasteiger partial charge in [-0.25, -0.2) is 4.39 Å². The fraction of sp³-hybridized carbons (Fsp3) is 0.316. The van der Waals surface area contributed by atoms with Gasteiger partial charge in [0, 0.05) is 12.1 Å². The number of carbonyl (C=O) groups excluding carboxylic acids is 1. The number of benzene rings is 2. The number of hydrogen-bond donors (Lipinski definition) is 1. The first-order valence-electron chi connectivity index (χ1n) is 7.90. The standard InChI is InChI=1S/C19H22FNO2/c1-3-14-9-11-16(12-10-14)23-18(4-2)19(22)21-13-15-7-5-6-8-17(15)20/h5-12,18H,3-4,13H2,1-2H3,(H,21,22). The van der Waals surface area contributed by atoms with E-state index >= 15 is 0 Å². The molecule has 1 amide bonds. The Morgan fingerprint density at radius 2 is 1.83 bits per heavy atom. The van der Waals surface area contributed by atoms with Gasteiger partial charge in [0.05, 0.1) is 0 Å². The highest BCUT2D eigenvalue weighted by Crippen LogP contribution is 2.15. The number of aryl methyl sites for hydroxylation is 1. The number of nitrogens with one attached hydrogen (secondary N) is 1. The molecule has 2 aromatic carbocycles. The van der Waals surface area contributed by atoms with Gasteiger partial charge in [0.15, 0.2) is 6.10 Å². The summed E-state index contributed by atoms with van der Waals surface area (Å²) in [5.74, 6) is 0.0994. The zero-order chi connectivity index (χ0) is 16.7. The number of rotatable bonds is 7. The number of amides is 1. The van der Waals surface area contributed by atoms with Crippen LogP contribution >= 0.6 is 0 Å². The van der Waals surface area contributed by atoms with Crippen LogP contribution in [-0.4, -0.2) is 12.0 Å². The predicted molar refractivity (Wildman–Crippen MR) is 88.8 cm³/mol. The molecule has 0 radical (unpaired) electrons. The summed E-state index contributed by atoms with van der Waals surface area (Å²) in [6.45, 7) is 4.12. The normalized spacial score (nSPS) is 11.8. The minimum Gasteiger partial charge on any atom is -0.481 e. The van der Waals surface area contributed by atoms with E-state index in [-0.39, 0.29) is 18.3 Å². The molecule has 1 unspecified atom stereocenters. The van der Waals surface area contributed by atoms with Gasteiger partial charge < -0.3 is 10.1 Å². The van der Waals surface area contributed by atoms with Crippen molar-refractivity contribution in [3.8, 4) is 5.75 Å². The van der Waals surface area contributed by atoms with E-state index in [0.29, 0.717) is 17.7 Å². The van der Waals surface area contributed by atoms with Crippen LogP contribution in [0.25, 0.3) is 0 Å².